The van der Waals surface area contributed by atoms with Crippen LogP contribution in [0.3, 0.4) is 0 Å². The van der Waals surface area contributed by atoms with Crippen molar-refractivity contribution < 1.29 is 14.3 Å². The number of anilines is 1. The number of hydrogen-bond donors (Lipinski definition) is 2. The minimum atomic E-state index is -0.365. The van der Waals surface area contributed by atoms with E-state index in [1.807, 2.05) is 6.07 Å². The maximum absolute atomic E-state index is 12.0. The van der Waals surface area contributed by atoms with Crippen LogP contribution in [0.15, 0.2) is 18.2 Å². The van der Waals surface area contributed by atoms with Crippen molar-refractivity contribution in [2.24, 2.45) is 11.5 Å². The Morgan fingerprint density at radius 2 is 2.11 bits per heavy atom. The van der Waals surface area contributed by atoms with Crippen molar-refractivity contribution in [2.45, 2.75) is 12.8 Å². The van der Waals surface area contributed by atoms with Crippen LogP contribution < -0.4 is 21.1 Å². The Balaban J connectivity index is 2.38. The molecule has 4 N–H and O–H groups in total. The number of amides is 2. The van der Waals surface area contributed by atoms with Crippen LogP contribution in [0.5, 0.6) is 5.75 Å². The summed E-state index contributed by atoms with van der Waals surface area (Å²) in [5, 5.41) is 0. The van der Waals surface area contributed by atoms with Crippen molar-refractivity contribution in [3.63, 3.8) is 0 Å². The summed E-state index contributed by atoms with van der Waals surface area (Å²) in [6.45, 7) is 0.588. The number of carbonyl (C=O) groups excluding carboxylic acids is 2. The van der Waals surface area contributed by atoms with E-state index < -0.39 is 0 Å². The van der Waals surface area contributed by atoms with Gasteiger partial charge in [-0.15, -0.1) is 0 Å². The summed E-state index contributed by atoms with van der Waals surface area (Å²) in [7, 11) is 0. The van der Waals surface area contributed by atoms with Gasteiger partial charge in [-0.3, -0.25) is 9.59 Å². The molecule has 0 fully saturated rings. The van der Waals surface area contributed by atoms with Crippen molar-refractivity contribution in [1.29, 1.82) is 0 Å². The van der Waals surface area contributed by atoms with Crippen LogP contribution in [0, 0.1) is 0 Å². The van der Waals surface area contributed by atoms with Crippen molar-refractivity contribution in [3.05, 3.63) is 23.8 Å². The van der Waals surface area contributed by atoms with Gasteiger partial charge in [0, 0.05) is 13.0 Å². The van der Waals surface area contributed by atoms with Crippen molar-refractivity contribution in [1.82, 2.24) is 0 Å². The first-order valence-electron chi connectivity index (χ1n) is 6.19. The molecule has 102 valence electrons. The maximum atomic E-state index is 12.0. The van der Waals surface area contributed by atoms with Crippen molar-refractivity contribution >= 4 is 17.5 Å². The molecule has 0 atom stereocenters. The molecular formula is C13H17N3O3. The Hall–Kier alpha value is -1.92. The molecule has 0 bridgehead atoms. The van der Waals surface area contributed by atoms with Gasteiger partial charge in [0.2, 0.25) is 5.91 Å². The van der Waals surface area contributed by atoms with E-state index in [9.17, 15) is 9.59 Å². The summed E-state index contributed by atoms with van der Waals surface area (Å²) in [4.78, 5) is 25.0. The highest BCUT2D eigenvalue weighted by Crippen LogP contribution is 2.33. The Morgan fingerprint density at radius 1 is 1.32 bits per heavy atom. The molecule has 6 heteroatoms. The van der Waals surface area contributed by atoms with Gasteiger partial charge in [0.25, 0.3) is 5.91 Å². The topological polar surface area (TPSA) is 98.7 Å². The first-order chi connectivity index (χ1) is 9.17. The van der Waals surface area contributed by atoms with Gasteiger partial charge < -0.3 is 16.2 Å². The van der Waals surface area contributed by atoms with Crippen LogP contribution in [-0.2, 0) is 16.0 Å². The third-order valence-corrected chi connectivity index (χ3v) is 2.91. The van der Waals surface area contributed by atoms with Crippen LogP contribution in [-0.4, -0.2) is 31.5 Å². The highest BCUT2D eigenvalue weighted by Gasteiger charge is 2.30. The SMILES string of the molecule is NCCC(=O)N1C(=O)COc2ccc(CCN)cc21. The zero-order valence-corrected chi connectivity index (χ0v) is 10.6. The molecule has 1 heterocycles. The Kier molecular flexibility index (Phi) is 4.13. The number of imide groups is 1. The maximum Gasteiger partial charge on any atom is 0.271 e. The second kappa shape index (κ2) is 5.81. The molecule has 0 aromatic heterocycles. The second-order valence-electron chi connectivity index (χ2n) is 4.29. The molecule has 0 aliphatic carbocycles. The number of benzene rings is 1. The lowest BCUT2D eigenvalue weighted by Crippen LogP contribution is -2.43. The number of nitrogens with zero attached hydrogens (tertiary/aromatic N) is 1. The van der Waals surface area contributed by atoms with Gasteiger partial charge in [-0.25, -0.2) is 4.90 Å². The summed E-state index contributed by atoms with van der Waals surface area (Å²) in [5.74, 6) is -0.136. The van der Waals surface area contributed by atoms with Gasteiger partial charge in [-0.05, 0) is 30.7 Å². The number of ether oxygens (including phenoxy) is 1. The molecule has 0 saturated carbocycles. The minimum absolute atomic E-state index is 0.125. The highest BCUT2D eigenvalue weighted by atomic mass is 16.5. The van der Waals surface area contributed by atoms with E-state index >= 15 is 0 Å². The van der Waals surface area contributed by atoms with Gasteiger partial charge in [0.1, 0.15) is 5.75 Å². The lowest BCUT2D eigenvalue weighted by atomic mass is 10.1. The summed E-state index contributed by atoms with van der Waals surface area (Å²) in [6.07, 6.45) is 0.812. The predicted molar refractivity (Wildman–Crippen MR) is 70.9 cm³/mol. The standard InChI is InChI=1S/C13H17N3O3/c14-5-3-9-1-2-11-10(7-9)16(12(17)4-6-15)13(18)8-19-11/h1-2,7H,3-6,8,14-15H2. The zero-order chi connectivity index (χ0) is 13.8. The fourth-order valence-corrected chi connectivity index (χ4v) is 2.03. The summed E-state index contributed by atoms with van der Waals surface area (Å²) in [5.41, 5.74) is 12.3. The predicted octanol–water partition coefficient (Wildman–Crippen LogP) is -0.211. The lowest BCUT2D eigenvalue weighted by Gasteiger charge is -2.28. The number of nitrogens with two attached hydrogens (primary N) is 2. The minimum Gasteiger partial charge on any atom is -0.482 e. The second-order valence-corrected chi connectivity index (χ2v) is 4.29. The molecule has 1 aromatic carbocycles. The fourth-order valence-electron chi connectivity index (χ4n) is 2.03. The largest absolute Gasteiger partial charge is 0.482 e. The van der Waals surface area contributed by atoms with E-state index in [1.54, 1.807) is 12.1 Å². The highest BCUT2D eigenvalue weighted by molar-refractivity contribution is 6.17. The molecule has 6 nitrogen and oxygen atoms in total. The van der Waals surface area contributed by atoms with Gasteiger partial charge in [-0.1, -0.05) is 6.07 Å². The van der Waals surface area contributed by atoms with Crippen LogP contribution >= 0.6 is 0 Å². The number of carbonyl (C=O) groups is 2. The van der Waals surface area contributed by atoms with E-state index in [0.29, 0.717) is 24.4 Å². The first kappa shape index (κ1) is 13.5. The third-order valence-electron chi connectivity index (χ3n) is 2.91. The van der Waals surface area contributed by atoms with Gasteiger partial charge in [0.15, 0.2) is 6.61 Å². The molecule has 19 heavy (non-hydrogen) atoms. The molecule has 1 aromatic rings. The average Bonchev–Trinajstić information content (AvgIpc) is 2.39. The molecule has 0 unspecified atom stereocenters. The molecule has 2 amide bonds. The zero-order valence-electron chi connectivity index (χ0n) is 10.6. The van der Waals surface area contributed by atoms with Crippen molar-refractivity contribution in [2.75, 3.05) is 24.6 Å². The smallest absolute Gasteiger partial charge is 0.271 e. The quantitative estimate of drug-likeness (QED) is 0.783. The summed E-state index contributed by atoms with van der Waals surface area (Å²) < 4.78 is 5.32. The number of fused-ring (bicyclic) bond motifs is 1. The van der Waals surface area contributed by atoms with E-state index in [-0.39, 0.29) is 31.4 Å². The lowest BCUT2D eigenvalue weighted by molar-refractivity contribution is -0.128. The molecule has 0 spiro atoms. The van der Waals surface area contributed by atoms with Crippen LogP contribution in [0.2, 0.25) is 0 Å². The summed E-state index contributed by atoms with van der Waals surface area (Å²) in [6, 6.07) is 5.41. The van der Waals surface area contributed by atoms with E-state index in [4.69, 9.17) is 16.2 Å². The average molecular weight is 263 g/mol. The Bertz CT molecular complexity index is 502. The molecule has 1 aliphatic rings. The molecular weight excluding hydrogens is 246 g/mol. The Morgan fingerprint density at radius 3 is 2.79 bits per heavy atom. The molecule has 1 aliphatic heterocycles. The molecule has 2 rings (SSSR count). The molecule has 0 radical (unpaired) electrons. The van der Waals surface area contributed by atoms with Gasteiger partial charge in [0.05, 0.1) is 5.69 Å². The van der Waals surface area contributed by atoms with Crippen LogP contribution in [0.1, 0.15) is 12.0 Å². The monoisotopic (exact) mass is 263 g/mol. The van der Waals surface area contributed by atoms with Gasteiger partial charge in [-0.2, -0.15) is 0 Å². The van der Waals surface area contributed by atoms with Crippen LogP contribution in [0.25, 0.3) is 0 Å². The fraction of sp³-hybridized carbons (Fsp3) is 0.385. The number of rotatable bonds is 4. The Labute approximate surface area is 111 Å². The van der Waals surface area contributed by atoms with Crippen LogP contribution in [0.4, 0.5) is 5.69 Å². The summed E-state index contributed by atoms with van der Waals surface area (Å²) >= 11 is 0. The first-order valence-corrected chi connectivity index (χ1v) is 6.19. The van der Waals surface area contributed by atoms with E-state index in [2.05, 4.69) is 0 Å². The van der Waals surface area contributed by atoms with E-state index in [0.717, 1.165) is 10.5 Å². The van der Waals surface area contributed by atoms with Gasteiger partial charge >= 0.3 is 0 Å². The number of hydrogen-bond acceptors (Lipinski definition) is 5. The van der Waals surface area contributed by atoms with Crippen molar-refractivity contribution in [3.8, 4) is 5.75 Å². The third kappa shape index (κ3) is 2.74. The molecule has 0 saturated heterocycles. The van der Waals surface area contributed by atoms with E-state index in [1.165, 1.54) is 0 Å². The normalized spacial score (nSPS) is 14.0.